The van der Waals surface area contributed by atoms with E-state index in [9.17, 15) is 0 Å². The molecule has 0 bridgehead atoms. The predicted molar refractivity (Wildman–Crippen MR) is 128 cm³/mol. The fourth-order valence-corrected chi connectivity index (χ4v) is 3.91. The van der Waals surface area contributed by atoms with Gasteiger partial charge in [0, 0.05) is 0 Å². The van der Waals surface area contributed by atoms with Crippen molar-refractivity contribution in [3.63, 3.8) is 0 Å². The van der Waals surface area contributed by atoms with Crippen LogP contribution in [0.25, 0.3) is 21.9 Å². The van der Waals surface area contributed by atoms with E-state index >= 15 is 0 Å². The van der Waals surface area contributed by atoms with Crippen LogP contribution >= 0.6 is 17.0 Å². The molecule has 0 unspecified atom stereocenters. The van der Waals surface area contributed by atoms with Gasteiger partial charge in [0.05, 0.1) is 0 Å². The zero-order valence-electron chi connectivity index (χ0n) is 18.7. The van der Waals surface area contributed by atoms with Gasteiger partial charge in [-0.2, -0.15) is 6.07 Å². The molecule has 0 spiro atoms. The first-order valence-corrected chi connectivity index (χ1v) is 16.8. The summed E-state index contributed by atoms with van der Waals surface area (Å²) in [6.45, 7) is 16.0. The number of rotatable bonds is 5. The summed E-state index contributed by atoms with van der Waals surface area (Å²) in [5.41, 5.74) is 8.51. The van der Waals surface area contributed by atoms with E-state index in [1.54, 1.807) is 0 Å². The molecule has 0 N–H and O–H groups in total. The van der Waals surface area contributed by atoms with Gasteiger partial charge in [-0.1, -0.05) is 70.9 Å². The van der Waals surface area contributed by atoms with E-state index in [0.29, 0.717) is 17.8 Å². The third-order valence-electron chi connectivity index (χ3n) is 5.40. The molecule has 3 aromatic carbocycles. The Kier molecular flexibility index (Phi) is 9.59. The van der Waals surface area contributed by atoms with Crippen LogP contribution in [0, 0.1) is 12.8 Å². The van der Waals surface area contributed by atoms with Crippen LogP contribution in [-0.2, 0) is 27.3 Å². The van der Waals surface area contributed by atoms with Gasteiger partial charge in [0.15, 0.2) is 0 Å². The Morgan fingerprint density at radius 2 is 1.41 bits per heavy atom. The van der Waals surface area contributed by atoms with Crippen molar-refractivity contribution < 1.29 is 20.8 Å². The summed E-state index contributed by atoms with van der Waals surface area (Å²) in [4.78, 5) is 0. The Balaban J connectivity index is 0.000000941. The maximum absolute atomic E-state index is 4.93. The molecule has 3 aromatic rings. The van der Waals surface area contributed by atoms with Crippen LogP contribution in [0.4, 0.5) is 0 Å². The van der Waals surface area contributed by atoms with Gasteiger partial charge in [0.2, 0.25) is 0 Å². The monoisotopic (exact) mass is 505 g/mol. The fourth-order valence-electron chi connectivity index (χ4n) is 3.91. The number of hydrogen-bond acceptors (Lipinski definition) is 0. The molecule has 0 heterocycles. The van der Waals surface area contributed by atoms with Gasteiger partial charge in [0.1, 0.15) is 0 Å². The van der Waals surface area contributed by atoms with Crippen LogP contribution in [0.5, 0.6) is 0 Å². The molecule has 0 saturated heterocycles. The second-order valence-electron chi connectivity index (χ2n) is 8.99. The van der Waals surface area contributed by atoms with E-state index in [-0.39, 0.29) is 0 Å². The van der Waals surface area contributed by atoms with Crippen LogP contribution in [0.15, 0.2) is 42.5 Å². The first kappa shape index (κ1) is 24.8. The molecule has 3 rings (SSSR count). The van der Waals surface area contributed by atoms with Crippen LogP contribution in [0.1, 0.15) is 75.6 Å². The molecule has 0 amide bonds. The van der Waals surface area contributed by atoms with E-state index in [1.807, 2.05) is 0 Å². The molecule has 0 aliphatic carbocycles. The Hall–Kier alpha value is -0.487. The van der Waals surface area contributed by atoms with Crippen molar-refractivity contribution in [2.75, 3.05) is 0 Å². The van der Waals surface area contributed by atoms with Crippen LogP contribution in [-0.4, -0.2) is 0 Å². The molecular weight excluding hydrogens is 474 g/mol. The van der Waals surface area contributed by atoms with Gasteiger partial charge in [-0.25, -0.2) is 0 Å². The quantitative estimate of drug-likeness (QED) is 0.302. The second-order valence-corrected chi connectivity index (χ2v) is 12.7. The average Bonchev–Trinajstić information content (AvgIpc) is 3.03. The van der Waals surface area contributed by atoms with E-state index in [4.69, 9.17) is 17.0 Å². The topological polar surface area (TPSA) is 0 Å². The number of fused-ring (bicyclic) bond motifs is 1. The minimum absolute atomic E-state index is 0.545. The van der Waals surface area contributed by atoms with Crippen molar-refractivity contribution in [3.8, 4) is 11.1 Å². The molecule has 3 heteroatoms. The van der Waals surface area contributed by atoms with Gasteiger partial charge < -0.3 is 0 Å². The number of benzene rings is 2. The Bertz CT molecular complexity index is 909. The van der Waals surface area contributed by atoms with E-state index < -0.39 is 20.8 Å². The van der Waals surface area contributed by atoms with Crippen LogP contribution in [0.2, 0.25) is 0 Å². The number of halogens is 2. The molecule has 29 heavy (non-hydrogen) atoms. The first-order valence-electron chi connectivity index (χ1n) is 10.5. The molecule has 0 aliphatic rings. The summed E-state index contributed by atoms with van der Waals surface area (Å²) in [6, 6.07) is 16.6. The van der Waals surface area contributed by atoms with Crippen molar-refractivity contribution in [2.45, 2.75) is 66.7 Å². The van der Waals surface area contributed by atoms with Gasteiger partial charge >= 0.3 is 37.9 Å². The maximum atomic E-state index is 4.93. The Morgan fingerprint density at radius 1 is 0.862 bits per heavy atom. The number of aryl methyl sites for hydroxylation is 1. The molecule has 0 aromatic heterocycles. The zero-order chi connectivity index (χ0) is 21.7. The Labute approximate surface area is 196 Å². The standard InChI is InChI=1S/C26H33.2ClH.Zr/c1-16(2)10-20-11-21-9-8-19(7)26(25(21)12-20)24-14-22(17(3)4)13-23(15-24)18(5)6;;;/h8-9,11-18H,10H2,1-7H3;2*1H;/q-1;;;+2/p-2. The molecule has 0 atom stereocenters. The second kappa shape index (κ2) is 11.2. The van der Waals surface area contributed by atoms with Crippen LogP contribution in [0.3, 0.4) is 0 Å². The van der Waals surface area contributed by atoms with Gasteiger partial charge in [0.25, 0.3) is 0 Å². The van der Waals surface area contributed by atoms with Crippen molar-refractivity contribution in [2.24, 2.45) is 5.92 Å². The minimum atomic E-state index is -0.826. The summed E-state index contributed by atoms with van der Waals surface area (Å²) in [5.74, 6) is 1.78. The van der Waals surface area contributed by atoms with Gasteiger partial charge in [-0.15, -0.1) is 34.5 Å². The summed E-state index contributed by atoms with van der Waals surface area (Å²) in [7, 11) is 9.87. The third kappa shape index (κ3) is 6.49. The summed E-state index contributed by atoms with van der Waals surface area (Å²) >= 11 is -0.826. The molecule has 0 aliphatic heterocycles. The first-order chi connectivity index (χ1) is 13.7. The molecule has 0 fully saturated rings. The zero-order valence-corrected chi connectivity index (χ0v) is 22.7. The predicted octanol–water partition coefficient (Wildman–Crippen LogP) is 9.36. The van der Waals surface area contributed by atoms with Gasteiger partial charge in [-0.05, 0) is 47.8 Å². The SMILES string of the molecule is Cc1ccc2[cH-]c(CC(C)C)cc2c1-c1cc(C(C)C)cc(C(C)C)c1.[Cl][Zr][Cl]. The molecule has 0 radical (unpaired) electrons. The molecular formula is C26H33Cl2Zr-. The summed E-state index contributed by atoms with van der Waals surface area (Å²) in [5, 5.41) is 2.79. The average molecular weight is 508 g/mol. The summed E-state index contributed by atoms with van der Waals surface area (Å²) in [6.07, 6.45) is 1.15. The number of hydrogen-bond donors (Lipinski definition) is 0. The Morgan fingerprint density at radius 3 is 1.90 bits per heavy atom. The van der Waals surface area contributed by atoms with E-state index in [1.165, 1.54) is 44.2 Å². The molecule has 156 valence electrons. The molecule has 0 saturated carbocycles. The molecule has 0 nitrogen and oxygen atoms in total. The third-order valence-corrected chi connectivity index (χ3v) is 5.40. The van der Waals surface area contributed by atoms with Crippen molar-refractivity contribution >= 4 is 27.8 Å². The fraction of sp³-hybridized carbons (Fsp3) is 0.423. The van der Waals surface area contributed by atoms with E-state index in [0.717, 1.165) is 6.42 Å². The van der Waals surface area contributed by atoms with Crippen molar-refractivity contribution in [1.29, 1.82) is 0 Å². The van der Waals surface area contributed by atoms with Crippen molar-refractivity contribution in [1.82, 2.24) is 0 Å². The van der Waals surface area contributed by atoms with E-state index in [2.05, 4.69) is 90.9 Å². The summed E-state index contributed by atoms with van der Waals surface area (Å²) < 4.78 is 0. The van der Waals surface area contributed by atoms with Gasteiger partial charge in [-0.3, -0.25) is 0 Å². The van der Waals surface area contributed by atoms with Crippen LogP contribution < -0.4 is 0 Å². The van der Waals surface area contributed by atoms with Crippen molar-refractivity contribution in [3.05, 3.63) is 64.7 Å². The normalized spacial score (nSPS) is 11.3.